The highest BCUT2D eigenvalue weighted by Gasteiger charge is 2.23. The van der Waals surface area contributed by atoms with E-state index in [4.69, 9.17) is 4.74 Å². The lowest BCUT2D eigenvalue weighted by Gasteiger charge is -2.17. The first-order valence-corrected chi connectivity index (χ1v) is 10.5. The van der Waals surface area contributed by atoms with Crippen LogP contribution in [0.1, 0.15) is 35.7 Å². The molecule has 1 aliphatic heterocycles. The van der Waals surface area contributed by atoms with Gasteiger partial charge in [-0.1, -0.05) is 6.07 Å². The van der Waals surface area contributed by atoms with Gasteiger partial charge in [-0.15, -0.1) is 0 Å². The lowest BCUT2D eigenvalue weighted by atomic mass is 10.1. The number of sulfonamides is 1. The first kappa shape index (κ1) is 19.2. The Morgan fingerprint density at radius 3 is 2.41 bits per heavy atom. The van der Waals surface area contributed by atoms with Gasteiger partial charge in [0.05, 0.1) is 11.5 Å². The van der Waals surface area contributed by atoms with E-state index in [1.165, 1.54) is 6.07 Å². The molecule has 6 nitrogen and oxygen atoms in total. The van der Waals surface area contributed by atoms with E-state index < -0.39 is 10.0 Å². The summed E-state index contributed by atoms with van der Waals surface area (Å²) < 4.78 is 33.7. The van der Waals surface area contributed by atoms with Crippen LogP contribution in [0, 0.1) is 6.92 Å². The molecule has 0 spiro atoms. The van der Waals surface area contributed by atoms with Crippen molar-refractivity contribution in [2.24, 2.45) is 0 Å². The first-order chi connectivity index (χ1) is 12.9. The van der Waals surface area contributed by atoms with Gasteiger partial charge in [0.25, 0.3) is 15.9 Å². The zero-order chi connectivity index (χ0) is 19.4. The van der Waals surface area contributed by atoms with Gasteiger partial charge in [-0.2, -0.15) is 0 Å². The molecular formula is C20H24N2O4S. The largest absolute Gasteiger partial charge is 0.494 e. The van der Waals surface area contributed by atoms with E-state index in [1.54, 1.807) is 48.2 Å². The third kappa shape index (κ3) is 4.42. The zero-order valence-corrected chi connectivity index (χ0v) is 16.4. The lowest BCUT2D eigenvalue weighted by molar-refractivity contribution is 0.0792. The minimum atomic E-state index is -3.81. The summed E-state index contributed by atoms with van der Waals surface area (Å²) in [6.07, 6.45) is 1.98. The summed E-state index contributed by atoms with van der Waals surface area (Å²) in [4.78, 5) is 14.5. The molecule has 1 aliphatic rings. The fourth-order valence-corrected chi connectivity index (χ4v) is 4.45. The Hall–Kier alpha value is -2.54. The van der Waals surface area contributed by atoms with E-state index in [9.17, 15) is 13.2 Å². The van der Waals surface area contributed by atoms with E-state index in [2.05, 4.69) is 4.72 Å². The number of hydrogen-bond donors (Lipinski definition) is 1. The summed E-state index contributed by atoms with van der Waals surface area (Å²) in [5.41, 5.74) is 1.43. The number of nitrogens with one attached hydrogen (secondary N) is 1. The molecule has 1 saturated heterocycles. The average Bonchev–Trinajstić information content (AvgIpc) is 3.18. The molecule has 1 fully saturated rings. The van der Waals surface area contributed by atoms with Crippen molar-refractivity contribution in [3.8, 4) is 5.75 Å². The Labute approximate surface area is 160 Å². The van der Waals surface area contributed by atoms with Gasteiger partial charge in [0, 0.05) is 24.3 Å². The molecule has 0 unspecified atom stereocenters. The van der Waals surface area contributed by atoms with E-state index in [1.807, 2.05) is 6.92 Å². The van der Waals surface area contributed by atoms with Crippen molar-refractivity contribution in [2.75, 3.05) is 24.4 Å². The highest BCUT2D eigenvalue weighted by molar-refractivity contribution is 7.92. The fourth-order valence-electron chi connectivity index (χ4n) is 3.12. The average molecular weight is 388 g/mol. The molecule has 27 heavy (non-hydrogen) atoms. The SMILES string of the molecule is CCOc1ccc(NS(=O)(=O)c2cc(C(=O)N3CCCC3)ccc2C)cc1. The number of aryl methyl sites for hydroxylation is 1. The number of hydrogen-bond acceptors (Lipinski definition) is 4. The summed E-state index contributed by atoms with van der Waals surface area (Å²) in [5.74, 6) is 0.555. The Balaban J connectivity index is 1.84. The summed E-state index contributed by atoms with van der Waals surface area (Å²) >= 11 is 0. The number of amides is 1. The summed E-state index contributed by atoms with van der Waals surface area (Å²) in [6.45, 7) is 5.59. The van der Waals surface area contributed by atoms with Gasteiger partial charge in [-0.05, 0) is 68.7 Å². The van der Waals surface area contributed by atoms with Crippen LogP contribution >= 0.6 is 0 Å². The first-order valence-electron chi connectivity index (χ1n) is 9.06. The van der Waals surface area contributed by atoms with Gasteiger partial charge < -0.3 is 9.64 Å². The van der Waals surface area contributed by atoms with E-state index in [-0.39, 0.29) is 10.8 Å². The molecule has 0 saturated carbocycles. The highest BCUT2D eigenvalue weighted by atomic mass is 32.2. The Morgan fingerprint density at radius 2 is 1.78 bits per heavy atom. The number of carbonyl (C=O) groups excluding carboxylic acids is 1. The molecule has 1 heterocycles. The van der Waals surface area contributed by atoms with Crippen LogP contribution in [0.25, 0.3) is 0 Å². The van der Waals surface area contributed by atoms with Crippen molar-refractivity contribution in [3.63, 3.8) is 0 Å². The van der Waals surface area contributed by atoms with E-state index in [0.717, 1.165) is 25.9 Å². The summed E-state index contributed by atoms with van der Waals surface area (Å²) in [6, 6.07) is 11.5. The predicted molar refractivity (Wildman–Crippen MR) is 105 cm³/mol. The van der Waals surface area contributed by atoms with Crippen LogP contribution in [0.5, 0.6) is 5.75 Å². The Bertz CT molecular complexity index is 917. The second kappa shape index (κ2) is 8.00. The third-order valence-electron chi connectivity index (χ3n) is 4.54. The number of anilines is 1. The number of nitrogens with zero attached hydrogens (tertiary/aromatic N) is 1. The number of carbonyl (C=O) groups is 1. The molecule has 1 amide bonds. The number of benzene rings is 2. The minimum Gasteiger partial charge on any atom is -0.494 e. The van der Waals surface area contributed by atoms with Gasteiger partial charge in [0.15, 0.2) is 0 Å². The fraction of sp³-hybridized carbons (Fsp3) is 0.350. The maximum absolute atomic E-state index is 12.9. The van der Waals surface area contributed by atoms with Gasteiger partial charge in [0.2, 0.25) is 0 Å². The van der Waals surface area contributed by atoms with Crippen LogP contribution in [0.2, 0.25) is 0 Å². The molecule has 2 aromatic carbocycles. The van der Waals surface area contributed by atoms with Crippen LogP contribution in [0.3, 0.4) is 0 Å². The van der Waals surface area contributed by atoms with Crippen molar-refractivity contribution < 1.29 is 17.9 Å². The molecule has 2 aromatic rings. The number of ether oxygens (including phenoxy) is 1. The minimum absolute atomic E-state index is 0.112. The summed E-state index contributed by atoms with van der Waals surface area (Å²) in [5, 5.41) is 0. The van der Waals surface area contributed by atoms with Gasteiger partial charge in [0.1, 0.15) is 5.75 Å². The Kier molecular flexibility index (Phi) is 5.70. The molecular weight excluding hydrogens is 364 g/mol. The van der Waals surface area contributed by atoms with Crippen molar-refractivity contribution in [1.82, 2.24) is 4.90 Å². The third-order valence-corrected chi connectivity index (χ3v) is 6.06. The topological polar surface area (TPSA) is 75.7 Å². The lowest BCUT2D eigenvalue weighted by Crippen LogP contribution is -2.28. The maximum atomic E-state index is 12.9. The maximum Gasteiger partial charge on any atom is 0.262 e. The Morgan fingerprint density at radius 1 is 1.11 bits per heavy atom. The van der Waals surface area contributed by atoms with Crippen molar-refractivity contribution in [1.29, 1.82) is 0 Å². The molecule has 0 bridgehead atoms. The normalized spacial score (nSPS) is 14.2. The van der Waals surface area contributed by atoms with Crippen LogP contribution in [-0.2, 0) is 10.0 Å². The van der Waals surface area contributed by atoms with Crippen LogP contribution in [-0.4, -0.2) is 38.9 Å². The van der Waals surface area contributed by atoms with Crippen molar-refractivity contribution >= 4 is 21.6 Å². The smallest absolute Gasteiger partial charge is 0.262 e. The van der Waals surface area contributed by atoms with Gasteiger partial charge in [-0.25, -0.2) is 8.42 Å². The molecule has 0 atom stereocenters. The molecule has 0 aromatic heterocycles. The molecule has 144 valence electrons. The van der Waals surface area contributed by atoms with Crippen molar-refractivity contribution in [2.45, 2.75) is 31.6 Å². The molecule has 0 radical (unpaired) electrons. The van der Waals surface area contributed by atoms with Gasteiger partial charge >= 0.3 is 0 Å². The number of likely N-dealkylation sites (tertiary alicyclic amines) is 1. The molecule has 3 rings (SSSR count). The highest BCUT2D eigenvalue weighted by Crippen LogP contribution is 2.24. The van der Waals surface area contributed by atoms with E-state index in [0.29, 0.717) is 29.2 Å². The van der Waals surface area contributed by atoms with E-state index >= 15 is 0 Å². The second-order valence-electron chi connectivity index (χ2n) is 6.54. The predicted octanol–water partition coefficient (Wildman–Crippen LogP) is 3.43. The monoisotopic (exact) mass is 388 g/mol. The summed E-state index contributed by atoms with van der Waals surface area (Å²) in [7, 11) is -3.81. The molecule has 0 aliphatic carbocycles. The zero-order valence-electron chi connectivity index (χ0n) is 15.6. The van der Waals surface area contributed by atoms with Crippen LogP contribution in [0.4, 0.5) is 5.69 Å². The van der Waals surface area contributed by atoms with Crippen molar-refractivity contribution in [3.05, 3.63) is 53.6 Å². The van der Waals surface area contributed by atoms with Crippen LogP contribution in [0.15, 0.2) is 47.4 Å². The number of rotatable bonds is 6. The second-order valence-corrected chi connectivity index (χ2v) is 8.19. The standard InChI is InChI=1S/C20H24N2O4S/c1-3-26-18-10-8-17(9-11-18)21-27(24,25)19-14-16(7-6-15(19)2)20(23)22-12-4-5-13-22/h6-11,14,21H,3-5,12-13H2,1-2H3. The quantitative estimate of drug-likeness (QED) is 0.823. The molecule has 7 heteroatoms. The van der Waals surface area contributed by atoms with Crippen LogP contribution < -0.4 is 9.46 Å². The molecule has 1 N–H and O–H groups in total. The van der Waals surface area contributed by atoms with Gasteiger partial charge in [-0.3, -0.25) is 9.52 Å².